The van der Waals surface area contributed by atoms with E-state index in [0.717, 1.165) is 38.3 Å². The molecule has 0 radical (unpaired) electrons. The highest BCUT2D eigenvalue weighted by atomic mass is 35.5. The van der Waals surface area contributed by atoms with Crippen LogP contribution in [0, 0.1) is 5.82 Å². The van der Waals surface area contributed by atoms with Crippen LogP contribution in [-0.2, 0) is 9.53 Å². The molecule has 2 heterocycles. The van der Waals surface area contributed by atoms with E-state index in [1.54, 1.807) is 0 Å². The van der Waals surface area contributed by atoms with Crippen LogP contribution in [0.2, 0.25) is 5.02 Å². The second kappa shape index (κ2) is 13.5. The van der Waals surface area contributed by atoms with Gasteiger partial charge in [-0.25, -0.2) is 9.37 Å². The number of allylic oxidation sites excluding steroid dienone is 1. The maximum atomic E-state index is 14.3. The van der Waals surface area contributed by atoms with Gasteiger partial charge in [-0.05, 0) is 37.4 Å². The number of nitrogens with one attached hydrogen (secondary N) is 2. The molecule has 0 saturated carbocycles. The molecule has 0 bridgehead atoms. The summed E-state index contributed by atoms with van der Waals surface area (Å²) in [4.78, 5) is 21.0. The fraction of sp³-hybridized carbons (Fsp3) is 0.360. The maximum Gasteiger partial charge on any atom is 0.422 e. The maximum absolute atomic E-state index is 14.3. The van der Waals surface area contributed by atoms with E-state index < -0.39 is 24.5 Å². The Balaban J connectivity index is 1.75. The monoisotopic (exact) mass is 571 g/mol. The number of carbonyl (C=O) groups excluding carboxylic acids is 1. The molecule has 1 aliphatic rings. The van der Waals surface area contributed by atoms with E-state index in [1.165, 1.54) is 30.5 Å². The lowest BCUT2D eigenvalue weighted by Crippen LogP contribution is -2.45. The van der Waals surface area contributed by atoms with Crippen LogP contribution in [0.3, 0.4) is 0 Å². The third-order valence-corrected chi connectivity index (χ3v) is 5.99. The lowest BCUT2D eigenvalue weighted by molar-refractivity contribution is -0.165. The van der Waals surface area contributed by atoms with Gasteiger partial charge in [0.1, 0.15) is 17.3 Å². The Hall–Kier alpha value is -3.55. The number of pyridine rings is 1. The van der Waals surface area contributed by atoms with Gasteiger partial charge in [0, 0.05) is 73.4 Å². The van der Waals surface area contributed by atoms with Crippen molar-refractivity contribution in [2.24, 2.45) is 11.5 Å². The minimum absolute atomic E-state index is 0.0894. The zero-order valence-electron chi connectivity index (χ0n) is 21.2. The second-order valence-electron chi connectivity index (χ2n) is 8.90. The molecule has 212 valence electrons. The summed E-state index contributed by atoms with van der Waals surface area (Å²) < 4.78 is 57.1. The molecule has 1 aromatic heterocycles. The Morgan fingerprint density at radius 1 is 1.15 bits per heavy atom. The number of hydrogen-bond acceptors (Lipinski definition) is 8. The number of hydrogen-bond donors (Lipinski definition) is 4. The minimum atomic E-state index is -4.65. The van der Waals surface area contributed by atoms with Crippen molar-refractivity contribution in [3.63, 3.8) is 0 Å². The van der Waals surface area contributed by atoms with Gasteiger partial charge in [-0.1, -0.05) is 11.6 Å². The molecule has 14 heteroatoms. The fourth-order valence-corrected chi connectivity index (χ4v) is 3.80. The molecule has 1 amide bonds. The third-order valence-electron chi connectivity index (χ3n) is 5.75. The summed E-state index contributed by atoms with van der Waals surface area (Å²) in [6.45, 7) is 2.57. The largest absolute Gasteiger partial charge is 0.468 e. The van der Waals surface area contributed by atoms with Crippen LogP contribution in [0.25, 0.3) is 5.70 Å². The van der Waals surface area contributed by atoms with Crippen molar-refractivity contribution in [1.82, 2.24) is 14.8 Å². The number of carbonyl (C=O) groups is 1. The van der Waals surface area contributed by atoms with E-state index in [-0.39, 0.29) is 40.1 Å². The van der Waals surface area contributed by atoms with Gasteiger partial charge in [-0.3, -0.25) is 4.79 Å². The number of nitrogens with two attached hydrogens (primary N) is 2. The number of halogens is 5. The lowest BCUT2D eigenvalue weighted by Gasteiger charge is -2.32. The second-order valence-corrected chi connectivity index (χ2v) is 9.34. The highest BCUT2D eigenvalue weighted by Crippen LogP contribution is 2.23. The highest BCUT2D eigenvalue weighted by molar-refractivity contribution is 6.30. The molecule has 3 rings (SSSR count). The average molecular weight is 572 g/mol. The summed E-state index contributed by atoms with van der Waals surface area (Å²) in [5.41, 5.74) is 11.6. The van der Waals surface area contributed by atoms with E-state index >= 15 is 0 Å². The van der Waals surface area contributed by atoms with Gasteiger partial charge < -0.3 is 36.6 Å². The summed E-state index contributed by atoms with van der Waals surface area (Å²) in [6, 6.07) is 6.62. The first-order valence-electron chi connectivity index (χ1n) is 12.0. The van der Waals surface area contributed by atoms with Gasteiger partial charge in [-0.2, -0.15) is 13.2 Å². The van der Waals surface area contributed by atoms with Crippen LogP contribution in [0.15, 0.2) is 54.2 Å². The molecule has 0 spiro atoms. The van der Waals surface area contributed by atoms with Crippen LogP contribution in [0.5, 0.6) is 0 Å². The summed E-state index contributed by atoms with van der Waals surface area (Å²) in [6.07, 6.45) is -1.89. The van der Waals surface area contributed by atoms with Crippen molar-refractivity contribution < 1.29 is 27.1 Å². The molecule has 39 heavy (non-hydrogen) atoms. The Kier molecular flexibility index (Phi) is 10.4. The molecule has 6 N–H and O–H groups in total. The molecule has 1 aliphatic heterocycles. The molecule has 1 saturated heterocycles. The van der Waals surface area contributed by atoms with E-state index in [2.05, 4.69) is 30.2 Å². The van der Waals surface area contributed by atoms with Gasteiger partial charge in [-0.15, -0.1) is 0 Å². The summed E-state index contributed by atoms with van der Waals surface area (Å²) >= 11 is 5.92. The Bertz CT molecular complexity index is 1220. The molecule has 1 fully saturated rings. The van der Waals surface area contributed by atoms with Crippen molar-refractivity contribution in [2.75, 3.05) is 57.0 Å². The summed E-state index contributed by atoms with van der Waals surface area (Å²) in [5, 5.41) is 5.70. The number of ether oxygens (including phenoxy) is 1. The molecule has 1 aromatic carbocycles. The van der Waals surface area contributed by atoms with Crippen molar-refractivity contribution in [2.45, 2.75) is 12.6 Å². The number of likely N-dealkylation sites (N-methyl/N-ethyl adjacent to an activating group) is 1. The van der Waals surface area contributed by atoms with Crippen molar-refractivity contribution >= 4 is 34.7 Å². The van der Waals surface area contributed by atoms with Crippen molar-refractivity contribution in [3.05, 3.63) is 70.6 Å². The zero-order valence-corrected chi connectivity index (χ0v) is 21.9. The number of amides is 1. The number of anilines is 2. The first-order chi connectivity index (χ1) is 18.4. The van der Waals surface area contributed by atoms with Gasteiger partial charge >= 0.3 is 6.18 Å². The number of aromatic nitrogens is 1. The first kappa shape index (κ1) is 30.0. The van der Waals surface area contributed by atoms with Gasteiger partial charge in [0.2, 0.25) is 11.8 Å². The van der Waals surface area contributed by atoms with Crippen LogP contribution in [0.1, 0.15) is 12.0 Å². The number of benzene rings is 1. The SMILES string of the molecule is CN1CCN(CCC(=O)Nc2cc(NC(/C=C(\N)c3cc(Cl)ccc3F)=C(/N)OCC(F)(F)F)ccn2)CC1. The topological polar surface area (TPSA) is 122 Å². The number of alkyl halides is 3. The third kappa shape index (κ3) is 9.93. The summed E-state index contributed by atoms with van der Waals surface area (Å²) in [5.74, 6) is -1.39. The Morgan fingerprint density at radius 3 is 2.56 bits per heavy atom. The Morgan fingerprint density at radius 2 is 1.87 bits per heavy atom. The fourth-order valence-electron chi connectivity index (χ4n) is 3.63. The molecule has 9 nitrogen and oxygen atoms in total. The molecular formula is C25H30ClF4N7O2. The average Bonchev–Trinajstić information content (AvgIpc) is 2.87. The van der Waals surface area contributed by atoms with Crippen LogP contribution in [0.4, 0.5) is 29.1 Å². The normalized spacial score (nSPS) is 16.0. The first-order valence-corrected chi connectivity index (χ1v) is 12.3. The highest BCUT2D eigenvalue weighted by Gasteiger charge is 2.29. The molecule has 0 aliphatic carbocycles. The van der Waals surface area contributed by atoms with E-state index in [0.29, 0.717) is 12.2 Å². The van der Waals surface area contributed by atoms with Gasteiger partial charge in [0.15, 0.2) is 6.61 Å². The number of piperazine rings is 1. The molecule has 0 unspecified atom stereocenters. The molecular weight excluding hydrogens is 542 g/mol. The van der Waals surface area contributed by atoms with Crippen LogP contribution >= 0.6 is 11.6 Å². The minimum Gasteiger partial charge on any atom is -0.468 e. The quantitative estimate of drug-likeness (QED) is 0.194. The Labute approximate surface area is 228 Å². The van der Waals surface area contributed by atoms with Crippen LogP contribution < -0.4 is 22.1 Å². The van der Waals surface area contributed by atoms with Crippen molar-refractivity contribution in [3.8, 4) is 0 Å². The van der Waals surface area contributed by atoms with E-state index in [4.69, 9.17) is 23.1 Å². The predicted octanol–water partition coefficient (Wildman–Crippen LogP) is 3.57. The van der Waals surface area contributed by atoms with Crippen LogP contribution in [-0.4, -0.2) is 73.2 Å². The number of rotatable bonds is 10. The standard InChI is InChI=1S/C25H30ClF4N7O2/c1-36-8-10-37(11-9-36)7-5-23(38)35-22-13-17(4-6-33-22)34-21(24(32)39-15-25(28,29)30)14-20(31)18-12-16(26)2-3-19(18)27/h2-4,6,12-14H,5,7-11,15,31-32H2,1H3,(H2,33,34,35,38)/b20-14-,24-21-. The lowest BCUT2D eigenvalue weighted by atomic mass is 10.1. The number of nitrogens with zero attached hydrogens (tertiary/aromatic N) is 3. The molecule has 0 atom stereocenters. The van der Waals surface area contributed by atoms with E-state index in [1.807, 2.05) is 7.05 Å². The van der Waals surface area contributed by atoms with Crippen molar-refractivity contribution in [1.29, 1.82) is 0 Å². The molecule has 2 aromatic rings. The zero-order chi connectivity index (χ0) is 28.6. The van der Waals surface area contributed by atoms with Gasteiger partial charge in [0.25, 0.3) is 0 Å². The smallest absolute Gasteiger partial charge is 0.422 e. The van der Waals surface area contributed by atoms with Gasteiger partial charge in [0.05, 0.1) is 0 Å². The predicted molar refractivity (Wildman–Crippen MR) is 142 cm³/mol. The van der Waals surface area contributed by atoms with E-state index in [9.17, 15) is 22.4 Å². The summed E-state index contributed by atoms with van der Waals surface area (Å²) in [7, 11) is 2.05.